The highest BCUT2D eigenvalue weighted by Gasteiger charge is 2.35. The molecule has 0 radical (unpaired) electrons. The van der Waals surface area contributed by atoms with Crippen LogP contribution in [-0.4, -0.2) is 5.71 Å². The third-order valence-electron chi connectivity index (χ3n) is 9.13. The number of nitrogens with zero attached hydrogens (tertiary/aromatic N) is 1. The van der Waals surface area contributed by atoms with Gasteiger partial charge in [0.15, 0.2) is 0 Å². The first kappa shape index (κ1) is 28.3. The van der Waals surface area contributed by atoms with E-state index in [9.17, 15) is 0 Å². The van der Waals surface area contributed by atoms with Gasteiger partial charge >= 0.3 is 0 Å². The van der Waals surface area contributed by atoms with Gasteiger partial charge in [0.1, 0.15) is 6.17 Å². The fourth-order valence-electron chi connectivity index (χ4n) is 6.65. The largest absolute Gasteiger partial charge is 0.360 e. The molecule has 5 aromatic carbocycles. The van der Waals surface area contributed by atoms with E-state index in [0.717, 1.165) is 28.1 Å². The topological polar surface area (TPSA) is 24.4 Å². The quantitative estimate of drug-likeness (QED) is 0.203. The van der Waals surface area contributed by atoms with Crippen molar-refractivity contribution in [2.45, 2.75) is 25.4 Å². The van der Waals surface area contributed by atoms with Crippen molar-refractivity contribution >= 4 is 17.0 Å². The van der Waals surface area contributed by atoms with Crippen LogP contribution < -0.4 is 5.32 Å². The summed E-state index contributed by atoms with van der Waals surface area (Å²) in [6.45, 7) is 12.7. The van der Waals surface area contributed by atoms with Crippen LogP contribution in [0, 0.1) is 0 Å². The normalized spacial score (nSPS) is 16.7. The SMILES string of the molecule is C=CC1=C(C=C)C(C)(C)c2cc(-c3ccc(-c4ccc(C5=CC(c6ccccc6)=NC(c6ccccc6)N5)cc4)cc3)ccc21. The highest BCUT2D eigenvalue weighted by molar-refractivity contribution is 6.13. The van der Waals surface area contributed by atoms with Crippen LogP contribution in [0.15, 0.2) is 169 Å². The van der Waals surface area contributed by atoms with Crippen molar-refractivity contribution in [1.82, 2.24) is 5.32 Å². The van der Waals surface area contributed by atoms with Gasteiger partial charge < -0.3 is 5.32 Å². The van der Waals surface area contributed by atoms with Crippen molar-refractivity contribution in [2.24, 2.45) is 4.99 Å². The molecule has 0 amide bonds. The van der Waals surface area contributed by atoms with Crippen LogP contribution in [0.25, 0.3) is 33.5 Å². The van der Waals surface area contributed by atoms with E-state index in [2.05, 4.69) is 154 Å². The van der Waals surface area contributed by atoms with E-state index in [0.29, 0.717) is 0 Å². The third-order valence-corrected chi connectivity index (χ3v) is 9.13. The molecule has 1 N–H and O–H groups in total. The van der Waals surface area contributed by atoms with Gasteiger partial charge in [-0.1, -0.05) is 160 Å². The summed E-state index contributed by atoms with van der Waals surface area (Å²) in [6, 6.07) is 45.3. The van der Waals surface area contributed by atoms with Gasteiger partial charge in [-0.25, -0.2) is 0 Å². The zero-order valence-electron chi connectivity index (χ0n) is 25.8. The monoisotopic (exact) mass is 580 g/mol. The average molecular weight is 581 g/mol. The van der Waals surface area contributed by atoms with Crippen LogP contribution in [0.5, 0.6) is 0 Å². The van der Waals surface area contributed by atoms with Crippen molar-refractivity contribution < 1.29 is 0 Å². The minimum atomic E-state index is -0.152. The van der Waals surface area contributed by atoms with E-state index in [-0.39, 0.29) is 11.6 Å². The minimum absolute atomic E-state index is 0.101. The van der Waals surface area contributed by atoms with Crippen LogP contribution in [0.2, 0.25) is 0 Å². The molecule has 1 aliphatic carbocycles. The Morgan fingerprint density at radius 1 is 0.622 bits per heavy atom. The van der Waals surface area contributed by atoms with Gasteiger partial charge in [-0.3, -0.25) is 4.99 Å². The van der Waals surface area contributed by atoms with E-state index in [1.807, 2.05) is 24.3 Å². The number of fused-ring (bicyclic) bond motifs is 1. The second kappa shape index (κ2) is 11.6. The summed E-state index contributed by atoms with van der Waals surface area (Å²) in [5.74, 6) is 0. The van der Waals surface area contributed by atoms with Crippen molar-refractivity contribution in [1.29, 1.82) is 0 Å². The summed E-state index contributed by atoms with van der Waals surface area (Å²) in [7, 11) is 0. The van der Waals surface area contributed by atoms with Crippen molar-refractivity contribution in [3.05, 3.63) is 192 Å². The number of allylic oxidation sites excluding steroid dienone is 5. The number of rotatable bonds is 7. The lowest BCUT2D eigenvalue weighted by atomic mass is 9.80. The predicted molar refractivity (Wildman–Crippen MR) is 191 cm³/mol. The molecule has 7 rings (SSSR count). The van der Waals surface area contributed by atoms with Crippen molar-refractivity contribution in [3.63, 3.8) is 0 Å². The Labute approximate surface area is 266 Å². The molecule has 2 aliphatic rings. The predicted octanol–water partition coefficient (Wildman–Crippen LogP) is 10.6. The molecular weight excluding hydrogens is 544 g/mol. The van der Waals surface area contributed by atoms with E-state index >= 15 is 0 Å². The van der Waals surface area contributed by atoms with Crippen LogP contribution in [0.3, 0.4) is 0 Å². The van der Waals surface area contributed by atoms with Crippen LogP contribution in [0.1, 0.15) is 47.8 Å². The first-order valence-electron chi connectivity index (χ1n) is 15.5. The zero-order chi connectivity index (χ0) is 31.0. The Kier molecular flexibility index (Phi) is 7.27. The molecule has 0 spiro atoms. The lowest BCUT2D eigenvalue weighted by molar-refractivity contribution is 0.655. The average Bonchev–Trinajstić information content (AvgIpc) is 3.33. The minimum Gasteiger partial charge on any atom is -0.360 e. The van der Waals surface area contributed by atoms with Gasteiger partial charge in [0.05, 0.1) is 5.71 Å². The molecule has 5 aromatic rings. The van der Waals surface area contributed by atoms with E-state index in [1.165, 1.54) is 44.5 Å². The Balaban J connectivity index is 1.15. The molecule has 2 heteroatoms. The fourth-order valence-corrected chi connectivity index (χ4v) is 6.65. The highest BCUT2D eigenvalue weighted by Crippen LogP contribution is 2.48. The third kappa shape index (κ3) is 5.19. The number of aliphatic imine (C=N–C) groups is 1. The summed E-state index contributed by atoms with van der Waals surface area (Å²) in [4.78, 5) is 5.06. The molecule has 218 valence electrons. The summed E-state index contributed by atoms with van der Waals surface area (Å²) >= 11 is 0. The van der Waals surface area contributed by atoms with Crippen LogP contribution in [0.4, 0.5) is 0 Å². The fraction of sp³-hybridized carbons (Fsp3) is 0.0930. The molecule has 0 aromatic heterocycles. The molecule has 1 aliphatic heterocycles. The molecule has 0 bridgehead atoms. The lowest BCUT2D eigenvalue weighted by Crippen LogP contribution is -2.24. The Bertz CT molecular complexity index is 1990. The summed E-state index contributed by atoms with van der Waals surface area (Å²) < 4.78 is 0. The number of nitrogens with one attached hydrogen (secondary N) is 1. The van der Waals surface area contributed by atoms with E-state index < -0.39 is 0 Å². The molecule has 0 saturated carbocycles. The Morgan fingerprint density at radius 3 is 1.78 bits per heavy atom. The van der Waals surface area contributed by atoms with Gasteiger partial charge in [-0.2, -0.15) is 0 Å². The zero-order valence-corrected chi connectivity index (χ0v) is 25.8. The van der Waals surface area contributed by atoms with Gasteiger partial charge in [0, 0.05) is 11.1 Å². The molecule has 1 atom stereocenters. The van der Waals surface area contributed by atoms with Crippen molar-refractivity contribution in [3.8, 4) is 22.3 Å². The molecule has 1 heterocycles. The lowest BCUT2D eigenvalue weighted by Gasteiger charge is -2.25. The Morgan fingerprint density at radius 2 is 1.18 bits per heavy atom. The first-order chi connectivity index (χ1) is 22.0. The van der Waals surface area contributed by atoms with Crippen LogP contribution >= 0.6 is 0 Å². The maximum atomic E-state index is 5.06. The maximum Gasteiger partial charge on any atom is 0.145 e. The second-order valence-electron chi connectivity index (χ2n) is 12.2. The van der Waals surface area contributed by atoms with Gasteiger partial charge in [0.25, 0.3) is 0 Å². The molecule has 1 unspecified atom stereocenters. The van der Waals surface area contributed by atoms with Gasteiger partial charge in [-0.05, 0) is 73.4 Å². The highest BCUT2D eigenvalue weighted by atomic mass is 15.1. The molecular formula is C43H36N2. The summed E-state index contributed by atoms with van der Waals surface area (Å²) in [6.07, 6.45) is 5.94. The van der Waals surface area contributed by atoms with E-state index in [4.69, 9.17) is 4.99 Å². The molecule has 0 fully saturated rings. The van der Waals surface area contributed by atoms with Crippen molar-refractivity contribution in [2.75, 3.05) is 0 Å². The molecule has 0 saturated heterocycles. The van der Waals surface area contributed by atoms with Gasteiger partial charge in [0.2, 0.25) is 0 Å². The number of hydrogen-bond donors (Lipinski definition) is 1. The smallest absolute Gasteiger partial charge is 0.145 e. The number of benzene rings is 5. The van der Waals surface area contributed by atoms with Gasteiger partial charge in [-0.15, -0.1) is 0 Å². The van der Waals surface area contributed by atoms with Crippen LogP contribution in [-0.2, 0) is 5.41 Å². The second-order valence-corrected chi connectivity index (χ2v) is 12.2. The maximum absolute atomic E-state index is 5.06. The summed E-state index contributed by atoms with van der Waals surface area (Å²) in [5.41, 5.74) is 15.1. The van der Waals surface area contributed by atoms with E-state index in [1.54, 1.807) is 0 Å². The standard InChI is InChI=1S/C43H36N2/c1-5-36-37-26-25-35(27-39(37)43(3,4)38(36)6-2)31-19-17-29(18-20-31)30-21-23-33(24-22-30)41-28-40(32-13-9-7-10-14-32)44-42(45-41)34-15-11-8-12-16-34/h5-28,42,45H,1-2H2,3-4H3. The molecule has 45 heavy (non-hydrogen) atoms. The first-order valence-corrected chi connectivity index (χ1v) is 15.5. The number of hydrogen-bond acceptors (Lipinski definition) is 2. The molecule has 2 nitrogen and oxygen atoms in total. The Hall–Kier alpha value is -5.47. The summed E-state index contributed by atoms with van der Waals surface area (Å²) in [5, 5.41) is 3.67.